The zero-order chi connectivity index (χ0) is 19.5. The predicted molar refractivity (Wildman–Crippen MR) is 109 cm³/mol. The molecule has 0 aliphatic carbocycles. The lowest BCUT2D eigenvalue weighted by atomic mass is 10.3. The van der Waals surface area contributed by atoms with E-state index in [1.54, 1.807) is 30.1 Å². The van der Waals surface area contributed by atoms with Crippen molar-refractivity contribution in [1.29, 1.82) is 0 Å². The molecule has 0 saturated carbocycles. The molecule has 0 spiro atoms. The van der Waals surface area contributed by atoms with Crippen LogP contribution >= 0.6 is 23.1 Å². The van der Waals surface area contributed by atoms with Crippen LogP contribution in [0.3, 0.4) is 0 Å². The number of aromatic nitrogens is 1. The minimum atomic E-state index is -0.477. The van der Waals surface area contributed by atoms with Crippen molar-refractivity contribution >= 4 is 23.1 Å². The standard InChI is InChI=1S/C16H28N6O3S2/c1-17-15(10-22(24)25)18-2-9-26-12-14-13-27-16(19-14)11-21-5-3-20(4-6-21)7-8-23/h10,13,17-18,23H,2-9,11-12H2,1H3. The first kappa shape index (κ1) is 21.9. The summed E-state index contributed by atoms with van der Waals surface area (Å²) in [5.74, 6) is 2.10. The Balaban J connectivity index is 1.63. The fraction of sp³-hybridized carbons (Fsp3) is 0.688. The molecule has 152 valence electrons. The number of thiazole rings is 1. The monoisotopic (exact) mass is 416 g/mol. The number of hydrogen-bond acceptors (Lipinski definition) is 10. The molecule has 0 unspecified atom stereocenters. The normalized spacial score (nSPS) is 16.4. The highest BCUT2D eigenvalue weighted by atomic mass is 32.2. The van der Waals surface area contributed by atoms with Crippen molar-refractivity contribution in [1.82, 2.24) is 25.4 Å². The molecule has 1 saturated heterocycles. The van der Waals surface area contributed by atoms with Gasteiger partial charge in [-0.3, -0.25) is 19.9 Å². The van der Waals surface area contributed by atoms with Crippen molar-refractivity contribution in [3.8, 4) is 0 Å². The van der Waals surface area contributed by atoms with Gasteiger partial charge in [0.1, 0.15) is 5.01 Å². The summed E-state index contributed by atoms with van der Waals surface area (Å²) in [4.78, 5) is 19.4. The second kappa shape index (κ2) is 12.1. The van der Waals surface area contributed by atoms with Gasteiger partial charge in [-0.2, -0.15) is 11.8 Å². The van der Waals surface area contributed by atoms with E-state index in [1.165, 1.54) is 0 Å². The highest BCUT2D eigenvalue weighted by Gasteiger charge is 2.17. The lowest BCUT2D eigenvalue weighted by Crippen LogP contribution is -2.46. The fourth-order valence-corrected chi connectivity index (χ4v) is 4.42. The van der Waals surface area contributed by atoms with Crippen molar-refractivity contribution < 1.29 is 10.0 Å². The third kappa shape index (κ3) is 8.43. The number of thioether (sulfide) groups is 1. The van der Waals surface area contributed by atoms with Gasteiger partial charge in [0.25, 0.3) is 6.20 Å². The topological polar surface area (TPSA) is 107 Å². The Bertz CT molecular complexity index is 605. The first-order valence-corrected chi connectivity index (χ1v) is 11.0. The number of rotatable bonds is 12. The Hall–Kier alpha value is -1.40. The maximum Gasteiger partial charge on any atom is 0.274 e. The number of nitrogens with zero attached hydrogens (tertiary/aromatic N) is 4. The average Bonchev–Trinajstić information content (AvgIpc) is 3.09. The van der Waals surface area contributed by atoms with E-state index in [1.807, 2.05) is 0 Å². The van der Waals surface area contributed by atoms with Gasteiger partial charge in [-0.25, -0.2) is 4.98 Å². The van der Waals surface area contributed by atoms with Crippen molar-refractivity contribution in [3.63, 3.8) is 0 Å². The second-order valence-corrected chi connectivity index (χ2v) is 8.18. The molecule has 1 aromatic heterocycles. The Kier molecular flexibility index (Phi) is 9.84. The minimum Gasteiger partial charge on any atom is -0.395 e. The maximum absolute atomic E-state index is 10.5. The molecule has 27 heavy (non-hydrogen) atoms. The van der Waals surface area contributed by atoms with Crippen LogP contribution in [0.2, 0.25) is 0 Å². The second-order valence-electron chi connectivity index (χ2n) is 6.13. The summed E-state index contributed by atoms with van der Waals surface area (Å²) in [7, 11) is 1.65. The summed E-state index contributed by atoms with van der Waals surface area (Å²) in [5, 5.41) is 28.5. The number of β-amino-alcohol motifs (C(OH)–C–C–N with tert-alkyl or cyclic N) is 1. The molecule has 11 heteroatoms. The van der Waals surface area contributed by atoms with E-state index in [2.05, 4.69) is 25.8 Å². The molecule has 0 amide bonds. The summed E-state index contributed by atoms with van der Waals surface area (Å²) < 4.78 is 0. The van der Waals surface area contributed by atoms with Crippen LogP contribution in [0.4, 0.5) is 0 Å². The molecule has 2 heterocycles. The predicted octanol–water partition coefficient (Wildman–Crippen LogP) is 0.371. The van der Waals surface area contributed by atoms with Gasteiger partial charge in [0.15, 0.2) is 5.82 Å². The van der Waals surface area contributed by atoms with E-state index in [4.69, 9.17) is 10.1 Å². The number of aliphatic hydroxyl groups is 1. The van der Waals surface area contributed by atoms with Gasteiger partial charge in [0, 0.05) is 63.2 Å². The number of nitrogens with one attached hydrogen (secondary N) is 2. The van der Waals surface area contributed by atoms with Crippen LogP contribution in [-0.4, -0.2) is 83.5 Å². The van der Waals surface area contributed by atoms with E-state index in [0.29, 0.717) is 12.4 Å². The van der Waals surface area contributed by atoms with Gasteiger partial charge in [-0.1, -0.05) is 0 Å². The van der Waals surface area contributed by atoms with Crippen molar-refractivity contribution in [3.05, 3.63) is 38.2 Å². The van der Waals surface area contributed by atoms with Crippen LogP contribution in [0.5, 0.6) is 0 Å². The SMILES string of the molecule is CNC(=C[N+](=O)[O-])NCCSCc1csc(CN2CCN(CCO)CC2)n1. The molecule has 0 aromatic carbocycles. The number of hydrogen-bond donors (Lipinski definition) is 3. The molecule has 1 fully saturated rings. The van der Waals surface area contributed by atoms with Gasteiger partial charge in [0.05, 0.1) is 23.8 Å². The van der Waals surface area contributed by atoms with Crippen LogP contribution in [0, 0.1) is 10.1 Å². The maximum atomic E-state index is 10.5. The molecule has 0 atom stereocenters. The zero-order valence-corrected chi connectivity index (χ0v) is 17.2. The van der Waals surface area contributed by atoms with Crippen LogP contribution in [0.25, 0.3) is 0 Å². The summed E-state index contributed by atoms with van der Waals surface area (Å²) in [6.07, 6.45) is 0.932. The van der Waals surface area contributed by atoms with E-state index < -0.39 is 4.92 Å². The molecule has 1 aliphatic heterocycles. The summed E-state index contributed by atoms with van der Waals surface area (Å²) >= 11 is 3.46. The Morgan fingerprint density at radius 3 is 2.85 bits per heavy atom. The fourth-order valence-electron chi connectivity index (χ4n) is 2.73. The molecule has 1 aromatic rings. The molecular weight excluding hydrogens is 388 g/mol. The smallest absolute Gasteiger partial charge is 0.274 e. The van der Waals surface area contributed by atoms with Gasteiger partial charge < -0.3 is 15.7 Å². The van der Waals surface area contributed by atoms with E-state index in [-0.39, 0.29) is 6.61 Å². The van der Waals surface area contributed by atoms with Gasteiger partial charge in [-0.05, 0) is 0 Å². The summed E-state index contributed by atoms with van der Waals surface area (Å²) in [6.45, 7) is 6.56. The van der Waals surface area contributed by atoms with Gasteiger partial charge in [0.2, 0.25) is 0 Å². The molecule has 0 bridgehead atoms. The molecule has 1 aliphatic rings. The lowest BCUT2D eigenvalue weighted by Gasteiger charge is -2.33. The van der Waals surface area contributed by atoms with Crippen molar-refractivity contribution in [2.45, 2.75) is 12.3 Å². The highest BCUT2D eigenvalue weighted by Crippen LogP contribution is 2.17. The minimum absolute atomic E-state index is 0.227. The molecular formula is C16H28N6O3S2. The van der Waals surface area contributed by atoms with Crippen molar-refractivity contribution in [2.24, 2.45) is 0 Å². The Morgan fingerprint density at radius 1 is 1.44 bits per heavy atom. The molecule has 0 radical (unpaired) electrons. The van der Waals surface area contributed by atoms with E-state index in [9.17, 15) is 10.1 Å². The zero-order valence-electron chi connectivity index (χ0n) is 15.6. The third-order valence-electron chi connectivity index (χ3n) is 4.15. The summed E-state index contributed by atoms with van der Waals surface area (Å²) in [5.41, 5.74) is 1.09. The van der Waals surface area contributed by atoms with Crippen LogP contribution in [0.1, 0.15) is 10.7 Å². The van der Waals surface area contributed by atoms with Gasteiger partial charge in [-0.15, -0.1) is 11.3 Å². The van der Waals surface area contributed by atoms with Crippen LogP contribution in [0.15, 0.2) is 17.4 Å². The van der Waals surface area contributed by atoms with E-state index in [0.717, 1.165) is 67.7 Å². The molecule has 2 rings (SSSR count). The Labute approximate surface area is 168 Å². The number of piperazine rings is 1. The summed E-state index contributed by atoms with van der Waals surface area (Å²) in [6, 6.07) is 0. The Morgan fingerprint density at radius 2 is 2.19 bits per heavy atom. The first-order valence-electron chi connectivity index (χ1n) is 8.94. The van der Waals surface area contributed by atoms with E-state index >= 15 is 0 Å². The third-order valence-corrected chi connectivity index (χ3v) is 6.03. The van der Waals surface area contributed by atoms with Crippen LogP contribution in [-0.2, 0) is 12.3 Å². The lowest BCUT2D eigenvalue weighted by molar-refractivity contribution is -0.404. The largest absolute Gasteiger partial charge is 0.395 e. The average molecular weight is 417 g/mol. The quantitative estimate of drug-likeness (QED) is 0.253. The molecule has 9 nitrogen and oxygen atoms in total. The first-order chi connectivity index (χ1) is 13.1. The van der Waals surface area contributed by atoms with Gasteiger partial charge >= 0.3 is 0 Å². The number of aliphatic hydroxyl groups excluding tert-OH is 1. The van der Waals surface area contributed by atoms with Crippen LogP contribution < -0.4 is 10.6 Å². The molecule has 3 N–H and O–H groups in total. The highest BCUT2D eigenvalue weighted by molar-refractivity contribution is 7.98. The number of nitro groups is 1. The van der Waals surface area contributed by atoms with Crippen molar-refractivity contribution in [2.75, 3.05) is 58.7 Å².